The first-order valence-corrected chi connectivity index (χ1v) is 8.64. The molecule has 0 spiro atoms. The van der Waals surface area contributed by atoms with Gasteiger partial charge in [-0.15, -0.1) is 11.6 Å². The van der Waals surface area contributed by atoms with E-state index < -0.39 is 0 Å². The van der Waals surface area contributed by atoms with Gasteiger partial charge in [0.15, 0.2) is 0 Å². The molecule has 0 aliphatic carbocycles. The predicted molar refractivity (Wildman–Crippen MR) is 91.7 cm³/mol. The summed E-state index contributed by atoms with van der Waals surface area (Å²) in [4.78, 5) is 4.67. The lowest BCUT2D eigenvalue weighted by atomic mass is 10.1. The van der Waals surface area contributed by atoms with Gasteiger partial charge in [0.2, 0.25) is 0 Å². The molecule has 2 aromatic heterocycles. The molecule has 2 heterocycles. The van der Waals surface area contributed by atoms with E-state index in [9.17, 15) is 0 Å². The van der Waals surface area contributed by atoms with Crippen LogP contribution in [0.1, 0.15) is 36.7 Å². The second kappa shape index (κ2) is 5.99. The minimum absolute atomic E-state index is 0.138. The average Bonchev–Trinajstić information content (AvgIpc) is 3.04. The van der Waals surface area contributed by atoms with Crippen molar-refractivity contribution >= 4 is 45.6 Å². The molecule has 0 saturated carbocycles. The molecule has 0 aliphatic heterocycles. The Bertz CT molecular complexity index is 747. The van der Waals surface area contributed by atoms with E-state index in [-0.39, 0.29) is 5.38 Å². The third-order valence-corrected chi connectivity index (χ3v) is 4.75. The Morgan fingerprint density at radius 3 is 2.76 bits per heavy atom. The maximum atomic E-state index is 6.33. The summed E-state index contributed by atoms with van der Waals surface area (Å²) in [6.45, 7) is 4.16. The van der Waals surface area contributed by atoms with E-state index in [2.05, 4.69) is 33.3 Å². The van der Waals surface area contributed by atoms with Gasteiger partial charge in [0.05, 0.1) is 16.4 Å². The molecule has 2 nitrogen and oxygen atoms in total. The molecular weight excluding hydrogens is 323 g/mol. The van der Waals surface area contributed by atoms with Crippen LogP contribution in [0.3, 0.4) is 0 Å². The summed E-state index contributed by atoms with van der Waals surface area (Å²) < 4.78 is 2.24. The minimum Gasteiger partial charge on any atom is -0.324 e. The highest BCUT2D eigenvalue weighted by molar-refractivity contribution is 7.07. The molecule has 0 radical (unpaired) electrons. The summed E-state index contributed by atoms with van der Waals surface area (Å²) in [6, 6.07) is 8.29. The van der Waals surface area contributed by atoms with E-state index in [0.29, 0.717) is 11.1 Å². The number of alkyl halides is 1. The number of hydrogen-bond donors (Lipinski definition) is 0. The Kier molecular flexibility index (Phi) is 4.25. The molecule has 0 amide bonds. The molecule has 0 saturated heterocycles. The fraction of sp³-hybridized carbons (Fsp3) is 0.312. The topological polar surface area (TPSA) is 17.8 Å². The van der Waals surface area contributed by atoms with Crippen LogP contribution in [0.5, 0.6) is 0 Å². The van der Waals surface area contributed by atoms with Crippen LogP contribution in [-0.4, -0.2) is 9.55 Å². The van der Waals surface area contributed by atoms with E-state index in [4.69, 9.17) is 23.2 Å². The van der Waals surface area contributed by atoms with Crippen molar-refractivity contribution in [2.45, 2.75) is 31.7 Å². The van der Waals surface area contributed by atoms with Crippen molar-refractivity contribution in [3.8, 4) is 0 Å². The van der Waals surface area contributed by atoms with Gasteiger partial charge in [-0.05, 0) is 60.9 Å². The molecule has 2 unspecified atom stereocenters. The maximum absolute atomic E-state index is 6.33. The number of fused-ring (bicyclic) bond motifs is 1. The molecule has 3 aromatic rings. The Morgan fingerprint density at radius 1 is 1.29 bits per heavy atom. The molecular formula is C16H16Cl2N2S. The Hall–Kier alpha value is -1.03. The van der Waals surface area contributed by atoms with Crippen molar-refractivity contribution in [1.82, 2.24) is 9.55 Å². The van der Waals surface area contributed by atoms with Crippen molar-refractivity contribution in [2.24, 2.45) is 0 Å². The maximum Gasteiger partial charge on any atom is 0.127 e. The van der Waals surface area contributed by atoms with Gasteiger partial charge >= 0.3 is 0 Å². The number of nitrogens with zero attached hydrogens (tertiary/aromatic N) is 2. The predicted octanol–water partition coefficient (Wildman–Crippen LogP) is 5.85. The second-order valence-electron chi connectivity index (χ2n) is 5.27. The Balaban J connectivity index is 2.08. The smallest absolute Gasteiger partial charge is 0.127 e. The molecule has 0 N–H and O–H groups in total. The van der Waals surface area contributed by atoms with Crippen molar-refractivity contribution < 1.29 is 0 Å². The van der Waals surface area contributed by atoms with E-state index in [1.165, 1.54) is 5.56 Å². The minimum atomic E-state index is -0.138. The molecule has 21 heavy (non-hydrogen) atoms. The van der Waals surface area contributed by atoms with Crippen LogP contribution in [0, 0.1) is 0 Å². The van der Waals surface area contributed by atoms with Crippen molar-refractivity contribution in [3.63, 3.8) is 0 Å². The molecule has 0 bridgehead atoms. The van der Waals surface area contributed by atoms with Gasteiger partial charge in [-0.2, -0.15) is 11.3 Å². The molecule has 0 aliphatic rings. The van der Waals surface area contributed by atoms with Crippen LogP contribution in [0.4, 0.5) is 0 Å². The average molecular weight is 339 g/mol. The van der Waals surface area contributed by atoms with Gasteiger partial charge in [-0.25, -0.2) is 4.98 Å². The first-order valence-electron chi connectivity index (χ1n) is 6.89. The standard InChI is InChI=1S/C16H16Cl2N2S/c1-10(7-12-5-6-21-9-12)20-15-4-3-13(18)8-14(15)19-16(20)11(2)17/h3-6,8-11H,7H2,1-2H3. The van der Waals surface area contributed by atoms with Gasteiger partial charge in [-0.1, -0.05) is 11.6 Å². The number of imidazole rings is 1. The van der Waals surface area contributed by atoms with Gasteiger partial charge in [0.1, 0.15) is 5.82 Å². The van der Waals surface area contributed by atoms with Crippen LogP contribution in [0.15, 0.2) is 35.0 Å². The van der Waals surface area contributed by atoms with Gasteiger partial charge in [0, 0.05) is 11.1 Å². The largest absolute Gasteiger partial charge is 0.324 e. The summed E-state index contributed by atoms with van der Waals surface area (Å²) >= 11 is 14.1. The lowest BCUT2D eigenvalue weighted by Gasteiger charge is -2.18. The quantitative estimate of drug-likeness (QED) is 0.545. The molecule has 2 atom stereocenters. The fourth-order valence-electron chi connectivity index (χ4n) is 2.68. The molecule has 0 fully saturated rings. The van der Waals surface area contributed by atoms with Gasteiger partial charge in [0.25, 0.3) is 0 Å². The normalized spacial score (nSPS) is 14.5. The van der Waals surface area contributed by atoms with Gasteiger partial charge in [-0.3, -0.25) is 0 Å². The van der Waals surface area contributed by atoms with Crippen molar-refractivity contribution in [2.75, 3.05) is 0 Å². The monoisotopic (exact) mass is 338 g/mol. The van der Waals surface area contributed by atoms with E-state index in [0.717, 1.165) is 23.3 Å². The number of halogens is 2. The van der Waals surface area contributed by atoms with Crippen molar-refractivity contribution in [3.05, 3.63) is 51.4 Å². The van der Waals surface area contributed by atoms with Crippen molar-refractivity contribution in [1.29, 1.82) is 0 Å². The SMILES string of the molecule is CC(Cl)c1nc2cc(Cl)ccc2n1C(C)Cc1ccsc1. The van der Waals surface area contributed by atoms with E-state index in [1.54, 1.807) is 11.3 Å². The Labute approximate surface area is 138 Å². The number of thiophene rings is 1. The molecule has 3 rings (SSSR count). The number of hydrogen-bond acceptors (Lipinski definition) is 2. The first kappa shape index (κ1) is 14.9. The highest BCUT2D eigenvalue weighted by atomic mass is 35.5. The van der Waals surface area contributed by atoms with Crippen LogP contribution >= 0.6 is 34.5 Å². The first-order chi connectivity index (χ1) is 10.1. The third kappa shape index (κ3) is 2.96. The summed E-state index contributed by atoms with van der Waals surface area (Å²) in [6.07, 6.45) is 0.966. The number of benzene rings is 1. The van der Waals surface area contributed by atoms with E-state index >= 15 is 0 Å². The lowest BCUT2D eigenvalue weighted by molar-refractivity contribution is 0.535. The number of aromatic nitrogens is 2. The zero-order chi connectivity index (χ0) is 15.0. The summed E-state index contributed by atoms with van der Waals surface area (Å²) in [5.74, 6) is 0.900. The second-order valence-corrected chi connectivity index (χ2v) is 7.14. The van der Waals surface area contributed by atoms with Crippen LogP contribution < -0.4 is 0 Å². The van der Waals surface area contributed by atoms with Crippen LogP contribution in [-0.2, 0) is 6.42 Å². The van der Waals surface area contributed by atoms with Crippen LogP contribution in [0.2, 0.25) is 5.02 Å². The summed E-state index contributed by atoms with van der Waals surface area (Å²) in [5, 5.41) is 4.86. The lowest BCUT2D eigenvalue weighted by Crippen LogP contribution is -2.12. The molecule has 5 heteroatoms. The highest BCUT2D eigenvalue weighted by Crippen LogP contribution is 2.31. The molecule has 1 aromatic carbocycles. The van der Waals surface area contributed by atoms with Crippen LogP contribution in [0.25, 0.3) is 11.0 Å². The Morgan fingerprint density at radius 2 is 2.10 bits per heavy atom. The third-order valence-electron chi connectivity index (χ3n) is 3.59. The molecule has 110 valence electrons. The summed E-state index contributed by atoms with van der Waals surface area (Å²) in [5.41, 5.74) is 3.34. The zero-order valence-electron chi connectivity index (χ0n) is 11.9. The highest BCUT2D eigenvalue weighted by Gasteiger charge is 2.19. The van der Waals surface area contributed by atoms with E-state index in [1.807, 2.05) is 25.1 Å². The zero-order valence-corrected chi connectivity index (χ0v) is 14.2. The van der Waals surface area contributed by atoms with Gasteiger partial charge < -0.3 is 4.57 Å². The number of rotatable bonds is 4. The summed E-state index contributed by atoms with van der Waals surface area (Å²) in [7, 11) is 0. The fourth-order valence-corrected chi connectivity index (χ4v) is 3.68.